The molecule has 96 valence electrons. The summed E-state index contributed by atoms with van der Waals surface area (Å²) in [6.45, 7) is 6.89. The first-order valence-corrected chi connectivity index (χ1v) is 6.08. The highest BCUT2D eigenvalue weighted by atomic mass is 19.3. The lowest BCUT2D eigenvalue weighted by Gasteiger charge is -2.23. The number of pyridine rings is 1. The van der Waals surface area contributed by atoms with Crippen molar-refractivity contribution in [2.24, 2.45) is 0 Å². The van der Waals surface area contributed by atoms with Gasteiger partial charge in [-0.05, 0) is 25.0 Å². The Morgan fingerprint density at radius 1 is 1.18 bits per heavy atom. The Morgan fingerprint density at radius 3 is 2.12 bits per heavy atom. The van der Waals surface area contributed by atoms with Gasteiger partial charge in [0.05, 0.1) is 0 Å². The molecule has 0 aromatic carbocycles. The molecule has 0 amide bonds. The van der Waals surface area contributed by atoms with Crippen LogP contribution in [-0.2, 0) is 5.92 Å². The summed E-state index contributed by atoms with van der Waals surface area (Å²) in [6, 6.07) is 3.14. The first-order valence-electron chi connectivity index (χ1n) is 6.08. The number of nitrogens with zero attached hydrogens (tertiary/aromatic N) is 2. The van der Waals surface area contributed by atoms with Gasteiger partial charge in [-0.3, -0.25) is 0 Å². The van der Waals surface area contributed by atoms with Crippen LogP contribution in [0, 0.1) is 0 Å². The van der Waals surface area contributed by atoms with Gasteiger partial charge in [0, 0.05) is 31.8 Å². The topological polar surface area (TPSA) is 16.1 Å². The van der Waals surface area contributed by atoms with Gasteiger partial charge in [-0.1, -0.05) is 13.8 Å². The SMILES string of the molecule is CCCN(CCC)c1ccc(C(C)(F)F)cn1. The number of anilines is 1. The normalized spacial score (nSPS) is 11.6. The lowest BCUT2D eigenvalue weighted by atomic mass is 10.2. The number of hydrogen-bond acceptors (Lipinski definition) is 2. The zero-order chi connectivity index (χ0) is 12.9. The predicted molar refractivity (Wildman–Crippen MR) is 66.6 cm³/mol. The molecular weight excluding hydrogens is 222 g/mol. The van der Waals surface area contributed by atoms with E-state index in [1.165, 1.54) is 12.3 Å². The van der Waals surface area contributed by atoms with E-state index in [2.05, 4.69) is 23.7 Å². The Morgan fingerprint density at radius 2 is 1.76 bits per heavy atom. The lowest BCUT2D eigenvalue weighted by molar-refractivity contribution is 0.0171. The Bertz CT molecular complexity index is 324. The van der Waals surface area contributed by atoms with Gasteiger partial charge < -0.3 is 4.90 Å². The van der Waals surface area contributed by atoms with Crippen molar-refractivity contribution < 1.29 is 8.78 Å². The van der Waals surface area contributed by atoms with E-state index in [4.69, 9.17) is 0 Å². The number of rotatable bonds is 6. The molecule has 4 heteroatoms. The van der Waals surface area contributed by atoms with E-state index in [-0.39, 0.29) is 5.56 Å². The molecule has 0 atom stereocenters. The second kappa shape index (κ2) is 5.94. The van der Waals surface area contributed by atoms with Crippen LogP contribution in [0.4, 0.5) is 14.6 Å². The molecule has 1 heterocycles. The highest BCUT2D eigenvalue weighted by Crippen LogP contribution is 2.27. The summed E-state index contributed by atoms with van der Waals surface area (Å²) in [7, 11) is 0. The third kappa shape index (κ3) is 3.95. The second-order valence-corrected chi connectivity index (χ2v) is 4.28. The zero-order valence-electron chi connectivity index (χ0n) is 10.7. The van der Waals surface area contributed by atoms with E-state index >= 15 is 0 Å². The highest BCUT2D eigenvalue weighted by Gasteiger charge is 2.24. The Hall–Kier alpha value is -1.19. The van der Waals surface area contributed by atoms with Crippen LogP contribution in [0.25, 0.3) is 0 Å². The zero-order valence-corrected chi connectivity index (χ0v) is 10.7. The van der Waals surface area contributed by atoms with Crippen molar-refractivity contribution in [3.05, 3.63) is 23.9 Å². The molecule has 0 saturated carbocycles. The summed E-state index contributed by atoms with van der Waals surface area (Å²) in [6.07, 6.45) is 3.31. The van der Waals surface area contributed by atoms with E-state index in [1.54, 1.807) is 6.07 Å². The molecule has 1 aromatic heterocycles. The van der Waals surface area contributed by atoms with E-state index in [9.17, 15) is 8.78 Å². The average Bonchev–Trinajstić information content (AvgIpc) is 2.28. The third-order valence-electron chi connectivity index (χ3n) is 2.57. The van der Waals surface area contributed by atoms with Crippen LogP contribution in [0.3, 0.4) is 0 Å². The van der Waals surface area contributed by atoms with E-state index in [0.717, 1.165) is 38.7 Å². The number of aromatic nitrogens is 1. The van der Waals surface area contributed by atoms with E-state index < -0.39 is 5.92 Å². The first kappa shape index (κ1) is 13.9. The summed E-state index contributed by atoms with van der Waals surface area (Å²) in [5.74, 6) is -2.03. The highest BCUT2D eigenvalue weighted by molar-refractivity contribution is 5.39. The van der Waals surface area contributed by atoms with Crippen molar-refractivity contribution in [2.45, 2.75) is 39.5 Å². The van der Waals surface area contributed by atoms with Crippen LogP contribution >= 0.6 is 0 Å². The minimum atomic E-state index is -2.81. The number of hydrogen-bond donors (Lipinski definition) is 0. The van der Waals surface area contributed by atoms with E-state index in [1.807, 2.05) is 0 Å². The molecule has 0 aliphatic carbocycles. The summed E-state index contributed by atoms with van der Waals surface area (Å²) >= 11 is 0. The maximum absolute atomic E-state index is 13.0. The van der Waals surface area contributed by atoms with Crippen LogP contribution in [0.5, 0.6) is 0 Å². The van der Waals surface area contributed by atoms with Crippen molar-refractivity contribution in [3.63, 3.8) is 0 Å². The maximum Gasteiger partial charge on any atom is 0.272 e. The summed E-state index contributed by atoms with van der Waals surface area (Å²) in [5, 5.41) is 0. The fourth-order valence-electron chi connectivity index (χ4n) is 1.71. The van der Waals surface area contributed by atoms with Crippen molar-refractivity contribution in [1.29, 1.82) is 0 Å². The summed E-state index contributed by atoms with van der Waals surface area (Å²) < 4.78 is 26.1. The van der Waals surface area contributed by atoms with Gasteiger partial charge in [0.15, 0.2) is 0 Å². The smallest absolute Gasteiger partial charge is 0.272 e. The molecule has 1 rings (SSSR count). The molecule has 0 N–H and O–H groups in total. The molecule has 0 aliphatic heterocycles. The van der Waals surface area contributed by atoms with E-state index in [0.29, 0.717) is 0 Å². The molecular formula is C13H20F2N2. The second-order valence-electron chi connectivity index (χ2n) is 4.28. The Balaban J connectivity index is 2.84. The monoisotopic (exact) mass is 242 g/mol. The molecule has 0 aliphatic rings. The Kier molecular flexibility index (Phi) is 4.85. The van der Waals surface area contributed by atoms with Crippen LogP contribution in [-0.4, -0.2) is 18.1 Å². The molecule has 1 aromatic rings. The van der Waals surface area contributed by atoms with Gasteiger partial charge in [0.2, 0.25) is 0 Å². The molecule has 17 heavy (non-hydrogen) atoms. The van der Waals surface area contributed by atoms with Gasteiger partial charge in [0.25, 0.3) is 5.92 Å². The average molecular weight is 242 g/mol. The molecule has 0 radical (unpaired) electrons. The largest absolute Gasteiger partial charge is 0.357 e. The predicted octanol–water partition coefficient (Wildman–Crippen LogP) is 3.82. The lowest BCUT2D eigenvalue weighted by Crippen LogP contribution is -2.26. The van der Waals surface area contributed by atoms with Crippen LogP contribution in [0.1, 0.15) is 39.2 Å². The van der Waals surface area contributed by atoms with Gasteiger partial charge in [0.1, 0.15) is 5.82 Å². The fraction of sp³-hybridized carbons (Fsp3) is 0.615. The standard InChI is InChI=1S/C13H20F2N2/c1-4-8-17(9-5-2)12-7-6-11(10-16-12)13(3,14)15/h6-7,10H,4-5,8-9H2,1-3H3. The quantitative estimate of drug-likeness (QED) is 0.754. The summed E-state index contributed by atoms with van der Waals surface area (Å²) in [5.41, 5.74) is -0.0332. The summed E-state index contributed by atoms with van der Waals surface area (Å²) in [4.78, 5) is 6.25. The van der Waals surface area contributed by atoms with Gasteiger partial charge in [-0.15, -0.1) is 0 Å². The van der Waals surface area contributed by atoms with Crippen molar-refractivity contribution in [3.8, 4) is 0 Å². The van der Waals surface area contributed by atoms with Gasteiger partial charge in [-0.2, -0.15) is 0 Å². The minimum Gasteiger partial charge on any atom is -0.357 e. The molecule has 0 fully saturated rings. The maximum atomic E-state index is 13.0. The van der Waals surface area contributed by atoms with Gasteiger partial charge >= 0.3 is 0 Å². The van der Waals surface area contributed by atoms with Crippen LogP contribution in [0.15, 0.2) is 18.3 Å². The third-order valence-corrected chi connectivity index (χ3v) is 2.57. The molecule has 2 nitrogen and oxygen atoms in total. The van der Waals surface area contributed by atoms with Crippen LogP contribution in [0.2, 0.25) is 0 Å². The number of halogens is 2. The molecule has 0 unspecified atom stereocenters. The van der Waals surface area contributed by atoms with Crippen LogP contribution < -0.4 is 4.90 Å². The van der Waals surface area contributed by atoms with Crippen molar-refractivity contribution in [2.75, 3.05) is 18.0 Å². The van der Waals surface area contributed by atoms with Gasteiger partial charge in [-0.25, -0.2) is 13.8 Å². The minimum absolute atomic E-state index is 0.0332. The number of alkyl halides is 2. The molecule has 0 saturated heterocycles. The fourth-order valence-corrected chi connectivity index (χ4v) is 1.71. The molecule has 0 spiro atoms. The van der Waals surface area contributed by atoms with Crippen molar-refractivity contribution >= 4 is 5.82 Å². The van der Waals surface area contributed by atoms with Crippen molar-refractivity contribution in [1.82, 2.24) is 4.98 Å². The first-order chi connectivity index (χ1) is 7.99. The molecule has 0 bridgehead atoms. The Labute approximate surface area is 102 Å².